The number of hydrogen-bond acceptors (Lipinski definition) is 8. The molecule has 0 aliphatic heterocycles. The van der Waals surface area contributed by atoms with E-state index in [2.05, 4.69) is 20.1 Å². The maximum Gasteiger partial charge on any atom is 0.397 e. The number of hydrogen-bond donors (Lipinski definition) is 4. The van der Waals surface area contributed by atoms with E-state index in [1.165, 1.54) is 30.3 Å². The first-order chi connectivity index (χ1) is 19.2. The number of rotatable bonds is 4. The van der Waals surface area contributed by atoms with Crippen LogP contribution >= 0.6 is 34.8 Å². The molecule has 0 saturated carbocycles. The molecular formula is C29H39Cl3N2O8. The van der Waals surface area contributed by atoms with Crippen molar-refractivity contribution in [3.8, 4) is 11.5 Å². The predicted octanol–water partition coefficient (Wildman–Crippen LogP) is 6.37. The van der Waals surface area contributed by atoms with Gasteiger partial charge in [0.25, 0.3) is 0 Å². The SMILES string of the molecule is CC(C)(C)c1cc(C(C)(C)C)c(O)cc1O.CCOC(=O)C(=O)Nc1cccc(NC(=O)C(=O)OCC)c1.ClC(Cl)Cl. The van der Waals surface area contributed by atoms with E-state index < -0.39 is 28.0 Å². The van der Waals surface area contributed by atoms with Crippen LogP contribution in [-0.4, -0.2) is 51.5 Å². The van der Waals surface area contributed by atoms with Crippen molar-refractivity contribution in [2.75, 3.05) is 23.8 Å². The van der Waals surface area contributed by atoms with Gasteiger partial charge in [0.05, 0.1) is 13.2 Å². The van der Waals surface area contributed by atoms with Crippen molar-refractivity contribution in [1.29, 1.82) is 0 Å². The van der Waals surface area contributed by atoms with Crippen molar-refractivity contribution in [3.05, 3.63) is 47.5 Å². The number of anilines is 2. The van der Waals surface area contributed by atoms with Crippen LogP contribution in [0.25, 0.3) is 0 Å². The topological polar surface area (TPSA) is 151 Å². The normalized spacial score (nSPS) is 10.8. The number of halogens is 3. The monoisotopic (exact) mass is 648 g/mol. The Kier molecular flexibility index (Phi) is 16.3. The highest BCUT2D eigenvalue weighted by molar-refractivity contribution is 6.63. The van der Waals surface area contributed by atoms with Crippen LogP contribution in [0.15, 0.2) is 36.4 Å². The first kappa shape index (κ1) is 38.8. The third kappa shape index (κ3) is 14.6. The number of carbonyl (C=O) groups excluding carboxylic acids is 4. The molecule has 2 aromatic rings. The Morgan fingerprint density at radius 1 is 0.714 bits per heavy atom. The number of benzene rings is 2. The van der Waals surface area contributed by atoms with Crippen molar-refractivity contribution < 1.29 is 38.9 Å². The van der Waals surface area contributed by atoms with Gasteiger partial charge in [0.2, 0.25) is 0 Å². The molecule has 0 aliphatic carbocycles. The molecule has 4 N–H and O–H groups in total. The van der Waals surface area contributed by atoms with E-state index in [4.69, 9.17) is 34.8 Å². The van der Waals surface area contributed by atoms with Crippen LogP contribution < -0.4 is 10.6 Å². The fourth-order valence-corrected chi connectivity index (χ4v) is 3.21. The second-order valence-corrected chi connectivity index (χ2v) is 12.5. The van der Waals surface area contributed by atoms with Crippen molar-refractivity contribution in [1.82, 2.24) is 0 Å². The summed E-state index contributed by atoms with van der Waals surface area (Å²) in [6.07, 6.45) is 0. The lowest BCUT2D eigenvalue weighted by Gasteiger charge is -2.26. The maximum atomic E-state index is 11.5. The maximum absolute atomic E-state index is 11.5. The highest BCUT2D eigenvalue weighted by Crippen LogP contribution is 2.39. The fraction of sp³-hybridized carbons (Fsp3) is 0.448. The van der Waals surface area contributed by atoms with Gasteiger partial charge in [-0.15, -0.1) is 0 Å². The second kappa shape index (κ2) is 17.7. The zero-order chi connectivity index (χ0) is 32.8. The van der Waals surface area contributed by atoms with Gasteiger partial charge < -0.3 is 30.3 Å². The van der Waals surface area contributed by atoms with E-state index in [-0.39, 0.29) is 46.9 Å². The van der Waals surface area contributed by atoms with Gasteiger partial charge in [-0.1, -0.05) is 82.4 Å². The molecule has 0 atom stereocenters. The molecule has 0 aromatic heterocycles. The van der Waals surface area contributed by atoms with Gasteiger partial charge in [0.15, 0.2) is 4.30 Å². The summed E-state index contributed by atoms with van der Waals surface area (Å²) in [5, 5.41) is 24.3. The molecule has 0 radical (unpaired) electrons. The third-order valence-electron chi connectivity index (χ3n) is 5.03. The number of carbonyl (C=O) groups is 4. The summed E-state index contributed by atoms with van der Waals surface area (Å²) in [6, 6.07) is 9.29. The van der Waals surface area contributed by atoms with Crippen LogP contribution in [0.1, 0.15) is 66.5 Å². The highest BCUT2D eigenvalue weighted by Gasteiger charge is 2.25. The van der Waals surface area contributed by atoms with Crippen molar-refractivity contribution >= 4 is 69.9 Å². The number of amides is 2. The van der Waals surface area contributed by atoms with Gasteiger partial charge in [0.1, 0.15) is 11.5 Å². The molecule has 10 nitrogen and oxygen atoms in total. The van der Waals surface area contributed by atoms with Gasteiger partial charge in [-0.25, -0.2) is 9.59 Å². The average Bonchev–Trinajstić information content (AvgIpc) is 2.83. The average molecular weight is 650 g/mol. The number of phenols is 2. The Balaban J connectivity index is 0.000000736. The van der Waals surface area contributed by atoms with E-state index >= 15 is 0 Å². The van der Waals surface area contributed by atoms with Crippen molar-refractivity contribution in [2.45, 2.75) is 70.5 Å². The van der Waals surface area contributed by atoms with Gasteiger partial charge in [-0.05, 0) is 60.1 Å². The zero-order valence-electron chi connectivity index (χ0n) is 24.9. The van der Waals surface area contributed by atoms with Crippen LogP contribution in [0.3, 0.4) is 0 Å². The Morgan fingerprint density at radius 2 is 1.05 bits per heavy atom. The van der Waals surface area contributed by atoms with Crippen molar-refractivity contribution in [3.63, 3.8) is 0 Å². The minimum absolute atomic E-state index is 0.0852. The molecule has 0 unspecified atom stereocenters. The molecule has 42 heavy (non-hydrogen) atoms. The predicted molar refractivity (Wildman–Crippen MR) is 165 cm³/mol. The third-order valence-corrected chi connectivity index (χ3v) is 5.03. The van der Waals surface area contributed by atoms with Crippen LogP contribution in [0.5, 0.6) is 11.5 Å². The Hall–Kier alpha value is -3.21. The molecule has 2 aromatic carbocycles. The van der Waals surface area contributed by atoms with Gasteiger partial charge in [0, 0.05) is 17.4 Å². The standard InChI is InChI=1S/C14H16N2O6.C14H22O2.CHCl3/c1-3-21-13(19)11(17)15-9-6-5-7-10(8-9)16-12(18)14(20)22-4-2;1-13(2,3)9-7-10(14(4,5)6)12(16)8-11(9)15;2-1(3)4/h5-8H,3-4H2,1-2H3,(H,15,17)(H,16,18);7-8,15-16H,1-6H3;1H. The molecule has 234 valence electrons. The van der Waals surface area contributed by atoms with Crippen LogP contribution in [0, 0.1) is 0 Å². The number of alkyl halides is 3. The molecule has 0 bridgehead atoms. The Morgan fingerprint density at radius 3 is 1.33 bits per heavy atom. The number of nitrogens with one attached hydrogen (secondary N) is 2. The molecule has 13 heteroatoms. The molecule has 2 rings (SSSR count). The number of esters is 2. The van der Waals surface area contributed by atoms with Crippen LogP contribution in [-0.2, 0) is 39.5 Å². The minimum Gasteiger partial charge on any atom is -0.508 e. The molecule has 0 fully saturated rings. The smallest absolute Gasteiger partial charge is 0.397 e. The van der Waals surface area contributed by atoms with E-state index in [9.17, 15) is 29.4 Å². The zero-order valence-corrected chi connectivity index (χ0v) is 27.2. The summed E-state index contributed by atoms with van der Waals surface area (Å²) in [7, 11) is 0. The first-order valence-electron chi connectivity index (χ1n) is 12.8. The number of aromatic hydroxyl groups is 2. The van der Waals surface area contributed by atoms with E-state index in [0.29, 0.717) is 0 Å². The number of ether oxygens (including phenoxy) is 2. The summed E-state index contributed by atoms with van der Waals surface area (Å²) >= 11 is 14.4. The van der Waals surface area contributed by atoms with Crippen molar-refractivity contribution in [2.24, 2.45) is 0 Å². The fourth-order valence-electron chi connectivity index (χ4n) is 3.21. The summed E-state index contributed by atoms with van der Waals surface area (Å²) in [4.78, 5) is 45.4. The number of phenolic OH excluding ortho intramolecular Hbond substituents is 2. The molecule has 0 spiro atoms. The minimum atomic E-state index is -1.01. The summed E-state index contributed by atoms with van der Waals surface area (Å²) in [5.41, 5.74) is 2.01. The molecule has 0 saturated heterocycles. The van der Waals surface area contributed by atoms with Crippen LogP contribution in [0.4, 0.5) is 11.4 Å². The van der Waals surface area contributed by atoms with E-state index in [0.717, 1.165) is 11.1 Å². The summed E-state index contributed by atoms with van der Waals surface area (Å²) < 4.78 is 8.34. The van der Waals surface area contributed by atoms with Gasteiger partial charge >= 0.3 is 23.8 Å². The first-order valence-corrected chi connectivity index (χ1v) is 14.1. The van der Waals surface area contributed by atoms with Crippen LogP contribution in [0.2, 0.25) is 0 Å². The lowest BCUT2D eigenvalue weighted by Crippen LogP contribution is -2.26. The molecule has 2 amide bonds. The largest absolute Gasteiger partial charge is 0.508 e. The lowest BCUT2D eigenvalue weighted by atomic mass is 9.80. The molecule has 0 aliphatic rings. The summed E-state index contributed by atoms with van der Waals surface area (Å²) in [6.45, 7) is 15.6. The lowest BCUT2D eigenvalue weighted by molar-refractivity contribution is -0.152. The van der Waals surface area contributed by atoms with E-state index in [1.807, 2.05) is 47.6 Å². The van der Waals surface area contributed by atoms with E-state index in [1.54, 1.807) is 13.8 Å². The highest BCUT2D eigenvalue weighted by atomic mass is 35.6. The Labute approximate surface area is 261 Å². The molecular weight excluding hydrogens is 611 g/mol. The van der Waals surface area contributed by atoms with Gasteiger partial charge in [-0.3, -0.25) is 9.59 Å². The van der Waals surface area contributed by atoms with Gasteiger partial charge in [-0.2, -0.15) is 0 Å². The molecule has 0 heterocycles. The quantitative estimate of drug-likeness (QED) is 0.169. The second-order valence-electron chi connectivity index (χ2n) is 10.6. The summed E-state index contributed by atoms with van der Waals surface area (Å²) in [5.74, 6) is -3.56. The Bertz CT molecular complexity index is 1140.